The van der Waals surface area contributed by atoms with Crippen LogP contribution in [-0.4, -0.2) is 27.6 Å². The van der Waals surface area contributed by atoms with Crippen molar-refractivity contribution in [1.29, 1.82) is 0 Å². The molecule has 116 valence electrons. The molecule has 0 radical (unpaired) electrons. The number of hydrogen-bond donors (Lipinski definition) is 2. The second-order valence-electron chi connectivity index (χ2n) is 6.57. The average Bonchev–Trinajstić information content (AvgIpc) is 2.93. The molecule has 1 aliphatic rings. The van der Waals surface area contributed by atoms with E-state index < -0.39 is 5.60 Å². The zero-order valence-electron chi connectivity index (χ0n) is 13.1. The Morgan fingerprint density at radius 3 is 2.68 bits per heavy atom. The Hall–Kier alpha value is -2.14. The van der Waals surface area contributed by atoms with Gasteiger partial charge in [0.2, 0.25) is 0 Å². The summed E-state index contributed by atoms with van der Waals surface area (Å²) in [7, 11) is 0. The third kappa shape index (κ3) is 3.04. The van der Waals surface area contributed by atoms with Crippen LogP contribution in [0, 0.1) is 0 Å². The van der Waals surface area contributed by atoms with E-state index in [4.69, 9.17) is 4.74 Å². The molecule has 3 rings (SSSR count). The number of imidazole rings is 1. The van der Waals surface area contributed by atoms with Crippen molar-refractivity contribution in [2.45, 2.75) is 44.9 Å². The van der Waals surface area contributed by atoms with E-state index in [-0.39, 0.29) is 18.1 Å². The van der Waals surface area contributed by atoms with Crippen LogP contribution in [0.2, 0.25) is 0 Å². The molecule has 0 unspecified atom stereocenters. The van der Waals surface area contributed by atoms with Gasteiger partial charge in [0.25, 0.3) is 0 Å². The highest BCUT2D eigenvalue weighted by Crippen LogP contribution is 2.29. The van der Waals surface area contributed by atoms with E-state index in [1.165, 1.54) is 0 Å². The van der Waals surface area contributed by atoms with Gasteiger partial charge in [-0.1, -0.05) is 30.3 Å². The molecule has 0 spiro atoms. The molecular weight excluding hydrogens is 278 g/mol. The maximum Gasteiger partial charge on any atom is 0.324 e. The van der Waals surface area contributed by atoms with Gasteiger partial charge in [0.05, 0.1) is 18.1 Å². The summed E-state index contributed by atoms with van der Waals surface area (Å²) >= 11 is 0. The molecule has 0 amide bonds. The van der Waals surface area contributed by atoms with Gasteiger partial charge in [-0.05, 0) is 26.3 Å². The standard InChI is InChI=1S/C17H21N3O2/c1-17(2,3)22-16(21)13-9-12-15(19-10-18-12)14(20-13)11-7-5-4-6-8-11/h4-8,10,13-14,20H,9H2,1-3H3,(H,18,19)/t13-,14-/m0/s1. The normalized spacial score (nSPS) is 21.2. The third-order valence-corrected chi connectivity index (χ3v) is 3.63. The van der Waals surface area contributed by atoms with Crippen LogP contribution in [0.3, 0.4) is 0 Å². The summed E-state index contributed by atoms with van der Waals surface area (Å²) in [6, 6.07) is 9.54. The molecule has 5 nitrogen and oxygen atoms in total. The van der Waals surface area contributed by atoms with Crippen molar-refractivity contribution in [2.75, 3.05) is 0 Å². The molecule has 1 aromatic carbocycles. The van der Waals surface area contributed by atoms with E-state index in [0.717, 1.165) is 17.0 Å². The zero-order chi connectivity index (χ0) is 15.7. The van der Waals surface area contributed by atoms with Crippen LogP contribution in [0.4, 0.5) is 0 Å². The lowest BCUT2D eigenvalue weighted by Gasteiger charge is -2.31. The maximum atomic E-state index is 12.4. The summed E-state index contributed by atoms with van der Waals surface area (Å²) in [5.41, 5.74) is 2.54. The first kappa shape index (κ1) is 14.8. The number of carbonyl (C=O) groups excluding carboxylic acids is 1. The number of aromatic nitrogens is 2. The van der Waals surface area contributed by atoms with Crippen molar-refractivity contribution in [3.05, 3.63) is 53.6 Å². The van der Waals surface area contributed by atoms with Crippen molar-refractivity contribution in [1.82, 2.24) is 15.3 Å². The van der Waals surface area contributed by atoms with Gasteiger partial charge in [-0.2, -0.15) is 0 Å². The van der Waals surface area contributed by atoms with Crippen LogP contribution in [0.25, 0.3) is 0 Å². The molecule has 0 saturated carbocycles. The van der Waals surface area contributed by atoms with E-state index in [2.05, 4.69) is 15.3 Å². The Morgan fingerprint density at radius 1 is 1.27 bits per heavy atom. The molecule has 2 heterocycles. The minimum absolute atomic E-state index is 0.103. The van der Waals surface area contributed by atoms with E-state index in [9.17, 15) is 4.79 Å². The van der Waals surface area contributed by atoms with Crippen LogP contribution >= 0.6 is 0 Å². The predicted molar refractivity (Wildman–Crippen MR) is 83.3 cm³/mol. The number of fused-ring (bicyclic) bond motifs is 1. The van der Waals surface area contributed by atoms with Gasteiger partial charge < -0.3 is 9.72 Å². The Kier molecular flexibility index (Phi) is 3.74. The van der Waals surface area contributed by atoms with Gasteiger partial charge in [0.1, 0.15) is 11.6 Å². The highest BCUT2D eigenvalue weighted by Gasteiger charge is 2.35. The second-order valence-corrected chi connectivity index (χ2v) is 6.57. The Bertz CT molecular complexity index is 658. The lowest BCUT2D eigenvalue weighted by Crippen LogP contribution is -2.47. The highest BCUT2D eigenvalue weighted by atomic mass is 16.6. The van der Waals surface area contributed by atoms with E-state index in [1.54, 1.807) is 6.33 Å². The maximum absolute atomic E-state index is 12.4. The van der Waals surface area contributed by atoms with Crippen LogP contribution in [0.1, 0.15) is 43.8 Å². The van der Waals surface area contributed by atoms with Crippen LogP contribution in [0.15, 0.2) is 36.7 Å². The fourth-order valence-corrected chi connectivity index (χ4v) is 2.71. The smallest absolute Gasteiger partial charge is 0.324 e. The topological polar surface area (TPSA) is 67.0 Å². The van der Waals surface area contributed by atoms with Crippen molar-refractivity contribution in [3.63, 3.8) is 0 Å². The number of nitrogens with zero attached hydrogens (tertiary/aromatic N) is 1. The van der Waals surface area contributed by atoms with Gasteiger partial charge in [-0.15, -0.1) is 0 Å². The molecule has 1 aromatic heterocycles. The van der Waals surface area contributed by atoms with Crippen molar-refractivity contribution >= 4 is 5.97 Å². The Morgan fingerprint density at radius 2 is 2.00 bits per heavy atom. The van der Waals surface area contributed by atoms with Gasteiger partial charge in [-0.25, -0.2) is 4.98 Å². The predicted octanol–water partition coefficient (Wildman–Crippen LogP) is 2.36. The summed E-state index contributed by atoms with van der Waals surface area (Å²) in [6.45, 7) is 5.64. The highest BCUT2D eigenvalue weighted by molar-refractivity contribution is 5.77. The van der Waals surface area contributed by atoms with E-state index >= 15 is 0 Å². The first-order valence-corrected chi connectivity index (χ1v) is 7.50. The van der Waals surface area contributed by atoms with E-state index in [0.29, 0.717) is 6.42 Å². The molecule has 0 aliphatic carbocycles. The van der Waals surface area contributed by atoms with Crippen LogP contribution in [0.5, 0.6) is 0 Å². The molecule has 1 aliphatic heterocycles. The van der Waals surface area contributed by atoms with E-state index in [1.807, 2.05) is 51.1 Å². The number of hydrogen-bond acceptors (Lipinski definition) is 4. The fourth-order valence-electron chi connectivity index (χ4n) is 2.71. The number of carbonyl (C=O) groups is 1. The van der Waals surface area contributed by atoms with Gasteiger partial charge in [0, 0.05) is 12.1 Å². The van der Waals surface area contributed by atoms with Crippen molar-refractivity contribution < 1.29 is 9.53 Å². The first-order valence-electron chi connectivity index (χ1n) is 7.50. The fraction of sp³-hybridized carbons (Fsp3) is 0.412. The number of rotatable bonds is 2. The van der Waals surface area contributed by atoms with Gasteiger partial charge >= 0.3 is 5.97 Å². The minimum atomic E-state index is -0.491. The first-order chi connectivity index (χ1) is 10.4. The average molecular weight is 299 g/mol. The molecule has 2 atom stereocenters. The number of aromatic amines is 1. The molecule has 0 saturated heterocycles. The summed E-state index contributed by atoms with van der Waals surface area (Å²) in [6.07, 6.45) is 2.24. The summed E-state index contributed by atoms with van der Waals surface area (Å²) in [5, 5.41) is 3.38. The molecule has 0 bridgehead atoms. The third-order valence-electron chi connectivity index (χ3n) is 3.63. The number of ether oxygens (including phenoxy) is 1. The summed E-state index contributed by atoms with van der Waals surface area (Å²) in [4.78, 5) is 20.0. The lowest BCUT2D eigenvalue weighted by molar-refractivity contribution is -0.157. The zero-order valence-corrected chi connectivity index (χ0v) is 13.1. The minimum Gasteiger partial charge on any atom is -0.459 e. The molecule has 5 heteroatoms. The SMILES string of the molecule is CC(C)(C)OC(=O)[C@@H]1Cc2[nH]cnc2[C@H](c2ccccc2)N1. The molecule has 0 fully saturated rings. The number of H-pyrrole nitrogens is 1. The number of esters is 1. The van der Waals surface area contributed by atoms with Crippen molar-refractivity contribution in [2.24, 2.45) is 0 Å². The molecule has 22 heavy (non-hydrogen) atoms. The molecular formula is C17H21N3O2. The monoisotopic (exact) mass is 299 g/mol. The number of benzene rings is 1. The molecule has 2 N–H and O–H groups in total. The Balaban J connectivity index is 1.88. The van der Waals surface area contributed by atoms with Crippen LogP contribution in [-0.2, 0) is 16.0 Å². The summed E-state index contributed by atoms with van der Waals surface area (Å²) in [5.74, 6) is -0.228. The quantitative estimate of drug-likeness (QED) is 0.835. The second kappa shape index (κ2) is 5.57. The summed E-state index contributed by atoms with van der Waals surface area (Å²) < 4.78 is 5.52. The van der Waals surface area contributed by atoms with Crippen molar-refractivity contribution in [3.8, 4) is 0 Å². The largest absolute Gasteiger partial charge is 0.459 e. The lowest BCUT2D eigenvalue weighted by atomic mass is 9.94. The number of nitrogens with one attached hydrogen (secondary N) is 2. The Labute approximate surface area is 130 Å². The van der Waals surface area contributed by atoms with Gasteiger partial charge in [0.15, 0.2) is 0 Å². The molecule has 2 aromatic rings. The van der Waals surface area contributed by atoms with Gasteiger partial charge in [-0.3, -0.25) is 10.1 Å². The van der Waals surface area contributed by atoms with Crippen LogP contribution < -0.4 is 5.32 Å².